The van der Waals surface area contributed by atoms with Gasteiger partial charge in [-0.2, -0.15) is 26.3 Å². The van der Waals surface area contributed by atoms with E-state index in [0.29, 0.717) is 22.7 Å². The highest BCUT2D eigenvalue weighted by Gasteiger charge is 2.44. The SMILES string of the molecule is O=C1CN2C(=O)CCN(C(=O)OCc3cc(C(F)(F)F)cc(C(F)(F)F)c3)C2CN1Cc1ccccc1Cl. The summed E-state index contributed by atoms with van der Waals surface area (Å²) in [5.74, 6) is -0.758. The molecule has 2 aromatic carbocycles. The zero-order valence-electron chi connectivity index (χ0n) is 19.5. The molecule has 2 heterocycles. The molecule has 2 saturated heterocycles. The van der Waals surface area contributed by atoms with E-state index >= 15 is 0 Å². The monoisotopic (exact) mass is 563 g/mol. The van der Waals surface area contributed by atoms with Crippen LogP contribution in [0.15, 0.2) is 42.5 Å². The van der Waals surface area contributed by atoms with Gasteiger partial charge in [-0.15, -0.1) is 0 Å². The van der Waals surface area contributed by atoms with Crippen molar-refractivity contribution < 1.29 is 45.5 Å². The van der Waals surface area contributed by atoms with Gasteiger partial charge in [-0.1, -0.05) is 29.8 Å². The van der Waals surface area contributed by atoms with Crippen LogP contribution in [0.25, 0.3) is 0 Å². The Morgan fingerprint density at radius 1 is 0.974 bits per heavy atom. The Labute approximate surface area is 217 Å². The molecule has 204 valence electrons. The summed E-state index contributed by atoms with van der Waals surface area (Å²) < 4.78 is 83.9. The van der Waals surface area contributed by atoms with E-state index in [0.717, 1.165) is 4.90 Å². The molecule has 2 aliphatic heterocycles. The van der Waals surface area contributed by atoms with Gasteiger partial charge in [0.05, 0.1) is 17.7 Å². The maximum Gasteiger partial charge on any atom is 0.416 e. The third-order valence-electron chi connectivity index (χ3n) is 6.21. The normalized spacial score (nSPS) is 18.5. The Bertz CT molecular complexity index is 1220. The minimum absolute atomic E-state index is 0.0218. The maximum atomic E-state index is 13.1. The number of hydrogen-bond donors (Lipinski definition) is 0. The summed E-state index contributed by atoms with van der Waals surface area (Å²) in [6.45, 7) is -1.29. The first-order valence-electron chi connectivity index (χ1n) is 11.3. The number of fused-ring (bicyclic) bond motifs is 1. The Hall–Kier alpha value is -3.48. The number of alkyl halides is 6. The number of hydrogen-bond acceptors (Lipinski definition) is 4. The molecule has 2 fully saturated rings. The number of amides is 3. The molecule has 7 nitrogen and oxygen atoms in total. The Kier molecular flexibility index (Phi) is 7.51. The molecule has 0 spiro atoms. The molecular weight excluding hydrogens is 544 g/mol. The quantitative estimate of drug-likeness (QED) is 0.496. The van der Waals surface area contributed by atoms with E-state index < -0.39 is 47.9 Å². The van der Waals surface area contributed by atoms with Crippen LogP contribution in [0.5, 0.6) is 0 Å². The van der Waals surface area contributed by atoms with E-state index in [-0.39, 0.29) is 50.5 Å². The van der Waals surface area contributed by atoms with Crippen molar-refractivity contribution in [1.29, 1.82) is 0 Å². The molecule has 0 aliphatic carbocycles. The van der Waals surface area contributed by atoms with Crippen molar-refractivity contribution in [3.63, 3.8) is 0 Å². The van der Waals surface area contributed by atoms with Gasteiger partial charge in [-0.25, -0.2) is 4.79 Å². The van der Waals surface area contributed by atoms with E-state index in [1.807, 2.05) is 0 Å². The fraction of sp³-hybridized carbons (Fsp3) is 0.375. The molecule has 0 aromatic heterocycles. The lowest BCUT2D eigenvalue weighted by Crippen LogP contribution is -2.67. The largest absolute Gasteiger partial charge is 0.444 e. The van der Waals surface area contributed by atoms with Crippen molar-refractivity contribution in [2.24, 2.45) is 0 Å². The van der Waals surface area contributed by atoms with E-state index in [1.165, 1.54) is 9.80 Å². The van der Waals surface area contributed by atoms with Gasteiger partial charge in [0, 0.05) is 24.5 Å². The highest BCUT2D eigenvalue weighted by Crippen LogP contribution is 2.36. The molecule has 2 aromatic rings. The summed E-state index contributed by atoms with van der Waals surface area (Å²) >= 11 is 6.18. The van der Waals surface area contributed by atoms with Gasteiger partial charge in [0.2, 0.25) is 11.8 Å². The van der Waals surface area contributed by atoms with E-state index in [1.54, 1.807) is 24.3 Å². The number of ether oxygens (including phenoxy) is 1. The molecule has 3 amide bonds. The number of nitrogens with zero attached hydrogens (tertiary/aromatic N) is 3. The summed E-state index contributed by atoms with van der Waals surface area (Å²) in [7, 11) is 0. The van der Waals surface area contributed by atoms with Crippen LogP contribution in [0.4, 0.5) is 31.1 Å². The third kappa shape index (κ3) is 5.98. The predicted molar refractivity (Wildman–Crippen MR) is 120 cm³/mol. The number of piperazine rings is 1. The fourth-order valence-corrected chi connectivity index (χ4v) is 4.50. The Morgan fingerprint density at radius 2 is 1.61 bits per heavy atom. The van der Waals surface area contributed by atoms with E-state index in [9.17, 15) is 40.7 Å². The average molecular weight is 564 g/mol. The molecule has 0 radical (unpaired) electrons. The van der Waals surface area contributed by atoms with Gasteiger partial charge >= 0.3 is 18.4 Å². The van der Waals surface area contributed by atoms with Gasteiger partial charge in [-0.3, -0.25) is 14.5 Å². The zero-order valence-corrected chi connectivity index (χ0v) is 20.2. The minimum Gasteiger partial charge on any atom is -0.444 e. The van der Waals surface area contributed by atoms with Gasteiger partial charge < -0.3 is 14.5 Å². The van der Waals surface area contributed by atoms with Crippen molar-refractivity contribution in [1.82, 2.24) is 14.7 Å². The summed E-state index contributed by atoms with van der Waals surface area (Å²) in [6.07, 6.45) is -12.2. The lowest BCUT2D eigenvalue weighted by molar-refractivity contribution is -0.160. The summed E-state index contributed by atoms with van der Waals surface area (Å²) in [4.78, 5) is 41.8. The highest BCUT2D eigenvalue weighted by molar-refractivity contribution is 6.31. The van der Waals surface area contributed by atoms with E-state index in [4.69, 9.17) is 16.3 Å². The molecule has 4 rings (SSSR count). The predicted octanol–water partition coefficient (Wildman–Crippen LogP) is 4.92. The molecule has 1 atom stereocenters. The first-order chi connectivity index (χ1) is 17.7. The number of halogens is 7. The lowest BCUT2D eigenvalue weighted by atomic mass is 10.1. The van der Waals surface area contributed by atoms with E-state index in [2.05, 4.69) is 0 Å². The van der Waals surface area contributed by atoms with Gasteiger partial charge in [0.1, 0.15) is 19.3 Å². The van der Waals surface area contributed by atoms with Crippen molar-refractivity contribution in [2.45, 2.75) is 38.1 Å². The molecule has 38 heavy (non-hydrogen) atoms. The molecule has 1 unspecified atom stereocenters. The molecule has 0 saturated carbocycles. The number of rotatable bonds is 4. The zero-order chi connectivity index (χ0) is 27.8. The molecule has 0 bridgehead atoms. The molecule has 2 aliphatic rings. The van der Waals surface area contributed by atoms with Crippen LogP contribution in [-0.4, -0.2) is 58.4 Å². The number of carbonyl (C=O) groups excluding carboxylic acids is 3. The van der Waals surface area contributed by atoms with Crippen molar-refractivity contribution >= 4 is 29.5 Å². The van der Waals surface area contributed by atoms with Crippen LogP contribution < -0.4 is 0 Å². The molecule has 0 N–H and O–H groups in total. The molecule has 14 heteroatoms. The molecular formula is C24H20ClF6N3O4. The standard InChI is InChI=1S/C24H20ClF6N3O4/c25-18-4-2-1-3-15(18)10-32-11-19-33(6-5-20(35)34(19)12-21(32)36)22(37)38-13-14-7-16(23(26,27)28)9-17(8-14)24(29,30)31/h1-4,7-9,19H,5-6,10-13H2. The second kappa shape index (κ2) is 10.4. The van der Waals surface area contributed by atoms with Crippen LogP contribution in [0.1, 0.15) is 28.7 Å². The second-order valence-corrected chi connectivity index (χ2v) is 9.19. The number of benzene rings is 2. The summed E-state index contributed by atoms with van der Waals surface area (Å²) in [5.41, 5.74) is -2.94. The van der Waals surface area contributed by atoms with Gasteiger partial charge in [0.25, 0.3) is 0 Å². The van der Waals surface area contributed by atoms with Crippen molar-refractivity contribution in [3.05, 3.63) is 69.7 Å². The smallest absolute Gasteiger partial charge is 0.416 e. The number of carbonyl (C=O) groups is 3. The third-order valence-corrected chi connectivity index (χ3v) is 6.58. The fourth-order valence-electron chi connectivity index (χ4n) is 4.31. The van der Waals surface area contributed by atoms with Crippen LogP contribution in [0, 0.1) is 0 Å². The first-order valence-corrected chi connectivity index (χ1v) is 11.6. The van der Waals surface area contributed by atoms with Gasteiger partial charge in [0.15, 0.2) is 0 Å². The average Bonchev–Trinajstić information content (AvgIpc) is 2.84. The highest BCUT2D eigenvalue weighted by atomic mass is 35.5. The Balaban J connectivity index is 1.51. The lowest BCUT2D eigenvalue weighted by Gasteiger charge is -2.48. The second-order valence-electron chi connectivity index (χ2n) is 8.78. The minimum atomic E-state index is -5.05. The van der Waals surface area contributed by atoms with Crippen molar-refractivity contribution in [2.75, 3.05) is 19.6 Å². The van der Waals surface area contributed by atoms with Crippen LogP contribution in [-0.2, 0) is 39.8 Å². The topological polar surface area (TPSA) is 70.2 Å². The van der Waals surface area contributed by atoms with Crippen LogP contribution >= 0.6 is 11.6 Å². The van der Waals surface area contributed by atoms with Crippen molar-refractivity contribution in [3.8, 4) is 0 Å². The Morgan fingerprint density at radius 3 is 2.21 bits per heavy atom. The van der Waals surface area contributed by atoms with Gasteiger partial charge in [-0.05, 0) is 35.4 Å². The summed E-state index contributed by atoms with van der Waals surface area (Å²) in [5, 5.41) is 0.415. The van der Waals surface area contributed by atoms with Crippen LogP contribution in [0.2, 0.25) is 5.02 Å². The maximum absolute atomic E-state index is 13.1. The van der Waals surface area contributed by atoms with Crippen LogP contribution in [0.3, 0.4) is 0 Å². The first kappa shape index (κ1) is 27.6. The summed E-state index contributed by atoms with van der Waals surface area (Å²) in [6, 6.07) is 7.72.